The molecule has 19 heavy (non-hydrogen) atoms. The van der Waals surface area contributed by atoms with Crippen LogP contribution in [-0.4, -0.2) is 21.0 Å². The van der Waals surface area contributed by atoms with Crippen molar-refractivity contribution in [2.24, 2.45) is 0 Å². The van der Waals surface area contributed by atoms with Crippen LogP contribution in [0.15, 0.2) is 30.6 Å². The van der Waals surface area contributed by atoms with Crippen LogP contribution >= 0.6 is 0 Å². The summed E-state index contributed by atoms with van der Waals surface area (Å²) in [6.07, 6.45) is 2.59. The van der Waals surface area contributed by atoms with Crippen molar-refractivity contribution in [1.82, 2.24) is 9.97 Å². The topological polar surface area (TPSA) is 96.1 Å². The van der Waals surface area contributed by atoms with Crippen LogP contribution in [0.25, 0.3) is 0 Å². The molecule has 94 valence electrons. The van der Waals surface area contributed by atoms with Crippen LogP contribution < -0.4 is 4.74 Å². The number of ether oxygens (including phenoxy) is 1. The molecule has 0 aliphatic carbocycles. The third kappa shape index (κ3) is 2.66. The van der Waals surface area contributed by atoms with E-state index in [1.807, 2.05) is 6.07 Å². The Labute approximate surface area is 108 Å². The van der Waals surface area contributed by atoms with Crippen LogP contribution in [0, 0.1) is 18.3 Å². The average molecular weight is 255 g/mol. The van der Waals surface area contributed by atoms with Crippen LogP contribution in [0.4, 0.5) is 0 Å². The molecule has 0 spiro atoms. The van der Waals surface area contributed by atoms with Gasteiger partial charge in [-0.2, -0.15) is 5.26 Å². The molecule has 0 radical (unpaired) electrons. The molecule has 0 fully saturated rings. The minimum absolute atomic E-state index is 0.166. The highest BCUT2D eigenvalue weighted by Gasteiger charge is 2.11. The fraction of sp³-hybridized carbons (Fsp3) is 0.0769. The summed E-state index contributed by atoms with van der Waals surface area (Å²) in [4.78, 5) is 18.7. The van der Waals surface area contributed by atoms with Gasteiger partial charge in [-0.05, 0) is 19.1 Å². The van der Waals surface area contributed by atoms with Gasteiger partial charge in [-0.15, -0.1) is 0 Å². The predicted molar refractivity (Wildman–Crippen MR) is 65.0 cm³/mol. The maximum atomic E-state index is 11.0. The molecular weight excluding hydrogens is 246 g/mol. The lowest BCUT2D eigenvalue weighted by Crippen LogP contribution is -2.01. The third-order valence-electron chi connectivity index (χ3n) is 2.47. The Balaban J connectivity index is 2.30. The van der Waals surface area contributed by atoms with E-state index in [1.165, 1.54) is 18.5 Å². The van der Waals surface area contributed by atoms with Crippen LogP contribution in [0.5, 0.6) is 11.6 Å². The van der Waals surface area contributed by atoms with Gasteiger partial charge in [0.15, 0.2) is 5.69 Å². The Morgan fingerprint density at radius 1 is 1.37 bits per heavy atom. The molecule has 0 aliphatic heterocycles. The van der Waals surface area contributed by atoms with Crippen molar-refractivity contribution in [3.8, 4) is 17.7 Å². The summed E-state index contributed by atoms with van der Waals surface area (Å²) in [5, 5.41) is 17.6. The van der Waals surface area contributed by atoms with Crippen LogP contribution in [0.2, 0.25) is 0 Å². The summed E-state index contributed by atoms with van der Waals surface area (Å²) in [6, 6.07) is 6.57. The Morgan fingerprint density at radius 3 is 2.74 bits per heavy atom. The van der Waals surface area contributed by atoms with Crippen LogP contribution in [-0.2, 0) is 0 Å². The van der Waals surface area contributed by atoms with Gasteiger partial charge in [-0.1, -0.05) is 6.07 Å². The number of hydrogen-bond donors (Lipinski definition) is 1. The van der Waals surface area contributed by atoms with E-state index in [-0.39, 0.29) is 17.1 Å². The number of aromatic carboxylic acids is 1. The zero-order chi connectivity index (χ0) is 13.8. The monoisotopic (exact) mass is 255 g/mol. The van der Waals surface area contributed by atoms with Gasteiger partial charge < -0.3 is 9.84 Å². The molecule has 6 nitrogen and oxygen atoms in total. The van der Waals surface area contributed by atoms with Crippen molar-refractivity contribution in [2.45, 2.75) is 6.92 Å². The third-order valence-corrected chi connectivity index (χ3v) is 2.47. The highest BCUT2D eigenvalue weighted by Crippen LogP contribution is 2.25. The van der Waals surface area contributed by atoms with Crippen LogP contribution in [0.1, 0.15) is 21.6 Å². The summed E-state index contributed by atoms with van der Waals surface area (Å²) in [5.74, 6) is -0.433. The first kappa shape index (κ1) is 12.5. The van der Waals surface area contributed by atoms with Crippen molar-refractivity contribution in [3.05, 3.63) is 47.4 Å². The molecule has 1 aromatic heterocycles. The van der Waals surface area contributed by atoms with E-state index >= 15 is 0 Å². The predicted octanol–water partition coefficient (Wildman–Crippen LogP) is 2.15. The minimum atomic E-state index is -1.02. The van der Waals surface area contributed by atoms with E-state index in [0.29, 0.717) is 11.3 Å². The zero-order valence-corrected chi connectivity index (χ0v) is 9.99. The molecule has 1 N–H and O–H groups in total. The van der Waals surface area contributed by atoms with Crippen LogP contribution in [0.3, 0.4) is 0 Å². The summed E-state index contributed by atoms with van der Waals surface area (Å²) >= 11 is 0. The molecule has 0 aliphatic rings. The summed E-state index contributed by atoms with van der Waals surface area (Å²) in [7, 11) is 0. The van der Waals surface area contributed by atoms with E-state index in [9.17, 15) is 4.79 Å². The van der Waals surface area contributed by atoms with Crippen molar-refractivity contribution >= 4 is 5.97 Å². The van der Waals surface area contributed by atoms with Gasteiger partial charge in [0.05, 0.1) is 18.0 Å². The first-order valence-corrected chi connectivity index (χ1v) is 5.34. The molecular formula is C13H9N3O3. The largest absolute Gasteiger partial charge is 0.478 e. The molecule has 0 amide bonds. The highest BCUT2D eigenvalue weighted by atomic mass is 16.5. The molecule has 0 atom stereocenters. The van der Waals surface area contributed by atoms with Gasteiger partial charge >= 0.3 is 5.97 Å². The van der Waals surface area contributed by atoms with Crippen molar-refractivity contribution in [3.63, 3.8) is 0 Å². The molecule has 2 rings (SSSR count). The fourth-order valence-corrected chi connectivity index (χ4v) is 1.50. The van der Waals surface area contributed by atoms with Gasteiger partial charge in [0.25, 0.3) is 0 Å². The molecule has 0 bridgehead atoms. The summed E-state index contributed by atoms with van der Waals surface area (Å²) in [5.41, 5.74) is 0.851. The van der Waals surface area contributed by atoms with E-state index in [4.69, 9.17) is 15.1 Å². The van der Waals surface area contributed by atoms with E-state index in [1.54, 1.807) is 19.1 Å². The highest BCUT2D eigenvalue weighted by molar-refractivity contribution is 5.90. The minimum Gasteiger partial charge on any atom is -0.478 e. The smallest absolute Gasteiger partial charge is 0.336 e. The molecule has 1 heterocycles. The number of aromatic nitrogens is 2. The van der Waals surface area contributed by atoms with Crippen molar-refractivity contribution < 1.29 is 14.6 Å². The first-order valence-electron chi connectivity index (χ1n) is 5.34. The number of carboxylic acid groups (broad SMARTS) is 1. The second-order valence-corrected chi connectivity index (χ2v) is 3.69. The molecule has 0 saturated heterocycles. The van der Waals surface area contributed by atoms with Gasteiger partial charge in [0.2, 0.25) is 5.88 Å². The van der Waals surface area contributed by atoms with Crippen molar-refractivity contribution in [2.75, 3.05) is 0 Å². The Morgan fingerprint density at radius 2 is 2.16 bits per heavy atom. The normalized spacial score (nSPS) is 9.68. The Bertz CT molecular complexity index is 660. The van der Waals surface area contributed by atoms with Gasteiger partial charge in [-0.3, -0.25) is 0 Å². The standard InChI is InChI=1S/C13H9N3O3/c1-8-10(13(17)18)3-2-4-11(8)19-12-7-15-9(5-14)6-16-12/h2-4,6-7H,1H3,(H,17,18). The lowest BCUT2D eigenvalue weighted by atomic mass is 10.1. The van der Waals surface area contributed by atoms with Crippen molar-refractivity contribution in [1.29, 1.82) is 5.26 Å². The Hall–Kier alpha value is -2.94. The maximum Gasteiger partial charge on any atom is 0.336 e. The van der Waals surface area contributed by atoms with E-state index < -0.39 is 5.97 Å². The maximum absolute atomic E-state index is 11.0. The summed E-state index contributed by atoms with van der Waals surface area (Å²) < 4.78 is 5.45. The number of rotatable bonds is 3. The molecule has 2 aromatic rings. The lowest BCUT2D eigenvalue weighted by molar-refractivity contribution is 0.0695. The van der Waals surface area contributed by atoms with E-state index in [0.717, 1.165) is 0 Å². The van der Waals surface area contributed by atoms with E-state index in [2.05, 4.69) is 9.97 Å². The Kier molecular flexibility index (Phi) is 3.39. The number of hydrogen-bond acceptors (Lipinski definition) is 5. The number of carbonyl (C=O) groups is 1. The number of nitriles is 1. The number of benzene rings is 1. The molecule has 6 heteroatoms. The quantitative estimate of drug-likeness (QED) is 0.902. The number of carboxylic acids is 1. The fourth-order valence-electron chi connectivity index (χ4n) is 1.50. The second kappa shape index (κ2) is 5.14. The SMILES string of the molecule is Cc1c(Oc2cnc(C#N)cn2)cccc1C(=O)O. The lowest BCUT2D eigenvalue weighted by Gasteiger charge is -2.09. The first-order chi connectivity index (χ1) is 9.11. The second-order valence-electron chi connectivity index (χ2n) is 3.69. The van der Waals surface area contributed by atoms with Gasteiger partial charge in [0, 0.05) is 5.56 Å². The summed E-state index contributed by atoms with van der Waals surface area (Å²) in [6.45, 7) is 1.65. The average Bonchev–Trinajstić information content (AvgIpc) is 2.41. The molecule has 1 aromatic carbocycles. The molecule has 0 unspecified atom stereocenters. The zero-order valence-electron chi connectivity index (χ0n) is 9.99. The molecule has 0 saturated carbocycles. The van der Waals surface area contributed by atoms with Gasteiger partial charge in [-0.25, -0.2) is 14.8 Å². The number of nitrogens with zero attached hydrogens (tertiary/aromatic N) is 3. The van der Waals surface area contributed by atoms with Gasteiger partial charge in [0.1, 0.15) is 11.8 Å².